The summed E-state index contributed by atoms with van der Waals surface area (Å²) in [4.78, 5) is 24.9. The largest absolute Gasteiger partial charge is 0.756 e. The molecule has 2 unspecified atom stereocenters. The highest BCUT2D eigenvalue weighted by atomic mass is 31.2. The van der Waals surface area contributed by atoms with Gasteiger partial charge in [-0.2, -0.15) is 0 Å². The molecule has 0 aliphatic heterocycles. The average molecular weight is 702 g/mol. The number of phosphoric acid groups is 1. The number of phosphoric ester groups is 1. The van der Waals surface area contributed by atoms with Crippen LogP contribution in [0.5, 0.6) is 0 Å². The Kier molecular flexibility index (Phi) is 32.4. The van der Waals surface area contributed by atoms with E-state index >= 15 is 0 Å². The average Bonchev–Trinajstić information content (AvgIpc) is 3.03. The first-order valence-corrected chi connectivity index (χ1v) is 21.0. The van der Waals surface area contributed by atoms with Crippen molar-refractivity contribution in [2.45, 2.75) is 168 Å². The second-order valence-corrected chi connectivity index (χ2v) is 15.7. The van der Waals surface area contributed by atoms with Gasteiger partial charge in [0.25, 0.3) is 7.82 Å². The van der Waals surface area contributed by atoms with E-state index in [-0.39, 0.29) is 25.8 Å². The first-order valence-electron chi connectivity index (χ1n) is 19.6. The van der Waals surface area contributed by atoms with Gasteiger partial charge in [-0.1, -0.05) is 134 Å². The van der Waals surface area contributed by atoms with Crippen molar-refractivity contribution in [1.82, 2.24) is 0 Å². The van der Waals surface area contributed by atoms with Crippen LogP contribution in [0.1, 0.15) is 162 Å². The van der Waals surface area contributed by atoms with Crippen LogP contribution in [0, 0.1) is 0 Å². The summed E-state index contributed by atoms with van der Waals surface area (Å²) < 4.78 is 34.3. The summed E-state index contributed by atoms with van der Waals surface area (Å²) >= 11 is 0. The second kappa shape index (κ2) is 33.1. The van der Waals surface area contributed by atoms with E-state index in [0.29, 0.717) is 24.1 Å². The molecule has 0 saturated carbocycles. The molecule has 0 radical (unpaired) electrons. The Balaban J connectivity index is 4.22. The summed E-state index contributed by atoms with van der Waals surface area (Å²) in [6, 6.07) is 0. The minimum atomic E-state index is -4.51. The maximum Gasteiger partial charge on any atom is 0.306 e. The number of hydrogen-bond acceptors (Lipinski definition) is 7. The molecule has 0 rings (SSSR count). The van der Waals surface area contributed by atoms with Crippen LogP contribution in [0.15, 0.2) is 24.3 Å². The molecule has 0 aromatic carbocycles. The molecular weight excluding hydrogens is 625 g/mol. The predicted molar refractivity (Wildman–Crippen MR) is 199 cm³/mol. The summed E-state index contributed by atoms with van der Waals surface area (Å²) in [5.41, 5.74) is 0. The van der Waals surface area contributed by atoms with Crippen LogP contribution < -0.4 is 4.89 Å². The molecular formula is C39H76NO7P. The fraction of sp³-hybridized carbons (Fsp3) is 0.872. The lowest BCUT2D eigenvalue weighted by atomic mass is 10.1. The van der Waals surface area contributed by atoms with Crippen LogP contribution in [0.4, 0.5) is 0 Å². The highest BCUT2D eigenvalue weighted by Crippen LogP contribution is 2.38. The number of quaternary nitrogens is 1. The van der Waals surface area contributed by atoms with E-state index in [1.54, 1.807) is 0 Å². The standard InChI is InChI=1S/C39H76NO7P/c1-6-8-10-12-14-16-17-18-19-20-21-22-23-24-25-26-28-30-32-39(41)47-38(36-44-34-31-29-27-15-13-11-9-7-2)37-46-48(42,43)45-35-33-40(3,4)5/h16-17,19-20,38H,6-15,18,21-37H2,1-5H3/b17-16-,20-19-. The summed E-state index contributed by atoms with van der Waals surface area (Å²) in [7, 11) is 1.35. The van der Waals surface area contributed by atoms with Crippen LogP contribution in [0.25, 0.3) is 0 Å². The minimum absolute atomic E-state index is 0.0257. The molecule has 0 amide bonds. The third kappa shape index (κ3) is 36.3. The monoisotopic (exact) mass is 702 g/mol. The van der Waals surface area contributed by atoms with Crippen LogP contribution in [-0.4, -0.2) is 70.7 Å². The Morgan fingerprint density at radius 2 is 1.15 bits per heavy atom. The molecule has 0 aromatic heterocycles. The van der Waals surface area contributed by atoms with Gasteiger partial charge < -0.3 is 27.9 Å². The van der Waals surface area contributed by atoms with E-state index in [9.17, 15) is 14.3 Å². The van der Waals surface area contributed by atoms with Gasteiger partial charge in [-0.15, -0.1) is 0 Å². The molecule has 0 heterocycles. The van der Waals surface area contributed by atoms with E-state index in [1.165, 1.54) is 96.3 Å². The maximum absolute atomic E-state index is 12.6. The van der Waals surface area contributed by atoms with Crippen molar-refractivity contribution in [3.63, 3.8) is 0 Å². The van der Waals surface area contributed by atoms with Gasteiger partial charge in [0, 0.05) is 13.0 Å². The van der Waals surface area contributed by atoms with E-state index in [0.717, 1.165) is 44.9 Å². The molecule has 284 valence electrons. The van der Waals surface area contributed by atoms with Crippen LogP contribution in [0.3, 0.4) is 0 Å². The van der Waals surface area contributed by atoms with E-state index < -0.39 is 13.9 Å². The summed E-state index contributed by atoms with van der Waals surface area (Å²) in [5.74, 6) is -0.343. The molecule has 0 spiro atoms. The Morgan fingerprint density at radius 3 is 1.71 bits per heavy atom. The van der Waals surface area contributed by atoms with E-state index in [2.05, 4.69) is 38.2 Å². The van der Waals surface area contributed by atoms with Crippen molar-refractivity contribution in [1.29, 1.82) is 0 Å². The normalized spacial score (nSPS) is 14.2. The van der Waals surface area contributed by atoms with Gasteiger partial charge >= 0.3 is 5.97 Å². The molecule has 48 heavy (non-hydrogen) atoms. The number of rotatable bonds is 36. The summed E-state index contributed by atoms with van der Waals surface area (Å²) in [6.07, 6.45) is 34.7. The van der Waals surface area contributed by atoms with Crippen LogP contribution in [-0.2, 0) is 27.9 Å². The Bertz CT molecular complexity index is 828. The highest BCUT2D eigenvalue weighted by molar-refractivity contribution is 7.45. The molecule has 0 aromatic rings. The smallest absolute Gasteiger partial charge is 0.306 e. The van der Waals surface area contributed by atoms with Gasteiger partial charge in [-0.3, -0.25) is 9.36 Å². The maximum atomic E-state index is 12.6. The van der Waals surface area contributed by atoms with Crippen molar-refractivity contribution >= 4 is 13.8 Å². The Hall–Kier alpha value is -1.02. The van der Waals surface area contributed by atoms with Crippen molar-refractivity contribution in [2.24, 2.45) is 0 Å². The van der Waals surface area contributed by atoms with Crippen molar-refractivity contribution in [3.8, 4) is 0 Å². The van der Waals surface area contributed by atoms with Crippen LogP contribution >= 0.6 is 7.82 Å². The molecule has 0 aliphatic rings. The van der Waals surface area contributed by atoms with Crippen molar-refractivity contribution in [3.05, 3.63) is 24.3 Å². The van der Waals surface area contributed by atoms with Crippen molar-refractivity contribution < 1.29 is 37.3 Å². The fourth-order valence-electron chi connectivity index (χ4n) is 5.16. The van der Waals surface area contributed by atoms with Gasteiger partial charge in [0.05, 0.1) is 34.4 Å². The zero-order valence-corrected chi connectivity index (χ0v) is 32.8. The highest BCUT2D eigenvalue weighted by Gasteiger charge is 2.20. The number of ether oxygens (including phenoxy) is 2. The number of hydrogen-bond donors (Lipinski definition) is 0. The third-order valence-corrected chi connectivity index (χ3v) is 9.22. The number of likely N-dealkylation sites (N-methyl/N-ethyl adjacent to an activating group) is 1. The van der Waals surface area contributed by atoms with Gasteiger partial charge in [-0.05, 0) is 44.9 Å². The third-order valence-electron chi connectivity index (χ3n) is 8.26. The van der Waals surface area contributed by atoms with Crippen molar-refractivity contribution in [2.75, 3.05) is 54.1 Å². The number of carbonyl (C=O) groups excluding carboxylic acids is 1. The quantitative estimate of drug-likeness (QED) is 0.0211. The fourth-order valence-corrected chi connectivity index (χ4v) is 5.89. The Morgan fingerprint density at radius 1 is 0.646 bits per heavy atom. The van der Waals surface area contributed by atoms with E-state index in [4.69, 9.17) is 18.5 Å². The van der Waals surface area contributed by atoms with Gasteiger partial charge in [-0.25, -0.2) is 0 Å². The number of unbranched alkanes of at least 4 members (excludes halogenated alkanes) is 18. The molecule has 0 saturated heterocycles. The lowest BCUT2D eigenvalue weighted by Crippen LogP contribution is -2.37. The molecule has 0 fully saturated rings. The Labute approximate surface area is 296 Å². The van der Waals surface area contributed by atoms with Crippen LogP contribution in [0.2, 0.25) is 0 Å². The molecule has 2 atom stereocenters. The number of carbonyl (C=O) groups is 1. The van der Waals surface area contributed by atoms with Gasteiger partial charge in [0.2, 0.25) is 0 Å². The second-order valence-electron chi connectivity index (χ2n) is 14.3. The molecule has 0 aliphatic carbocycles. The lowest BCUT2D eigenvalue weighted by Gasteiger charge is -2.28. The molecule has 9 heteroatoms. The van der Waals surface area contributed by atoms with E-state index in [1.807, 2.05) is 21.1 Å². The van der Waals surface area contributed by atoms with Gasteiger partial charge in [0.1, 0.15) is 19.3 Å². The zero-order valence-electron chi connectivity index (χ0n) is 31.9. The minimum Gasteiger partial charge on any atom is -0.756 e. The number of allylic oxidation sites excluding steroid dienone is 4. The summed E-state index contributed by atoms with van der Waals surface area (Å²) in [5, 5.41) is 0. The summed E-state index contributed by atoms with van der Waals surface area (Å²) in [6.45, 7) is 5.36. The predicted octanol–water partition coefficient (Wildman–Crippen LogP) is 10.2. The first kappa shape index (κ1) is 47.0. The molecule has 0 N–H and O–H groups in total. The zero-order chi connectivity index (χ0) is 35.6. The molecule has 0 bridgehead atoms. The SMILES string of the molecule is CCCCCC/C=C\C/C=C\CCCCCCCCCC(=O)OC(COCCCCCCCCCC)COP(=O)([O-])OCC[N+](C)(C)C. The topological polar surface area (TPSA) is 94.1 Å². The lowest BCUT2D eigenvalue weighted by molar-refractivity contribution is -0.870. The number of nitrogens with zero attached hydrogens (tertiary/aromatic N) is 1. The first-order chi connectivity index (χ1) is 23.1. The van der Waals surface area contributed by atoms with Gasteiger partial charge in [0.15, 0.2) is 0 Å². The molecule has 8 nitrogen and oxygen atoms in total. The number of esters is 1.